The molecule has 110 valence electrons. The van der Waals surface area contributed by atoms with Crippen molar-refractivity contribution in [3.8, 4) is 11.3 Å². The molecule has 1 atom stereocenters. The summed E-state index contributed by atoms with van der Waals surface area (Å²) in [5.74, 6) is -0.222. The Hall–Kier alpha value is -2.63. The van der Waals surface area contributed by atoms with E-state index in [1.165, 1.54) is 6.20 Å². The maximum absolute atomic E-state index is 12.2. The minimum absolute atomic E-state index is 0.0455. The number of nitrogen functional groups attached to an aromatic ring is 2. The van der Waals surface area contributed by atoms with Crippen molar-refractivity contribution in [3.63, 3.8) is 0 Å². The lowest BCUT2D eigenvalue weighted by Crippen LogP contribution is -2.33. The van der Waals surface area contributed by atoms with Gasteiger partial charge in [-0.2, -0.15) is 0 Å². The van der Waals surface area contributed by atoms with Gasteiger partial charge in [-0.25, -0.2) is 9.97 Å². The number of para-hydroxylation sites is 1. The van der Waals surface area contributed by atoms with Crippen molar-refractivity contribution < 1.29 is 4.79 Å². The van der Waals surface area contributed by atoms with E-state index >= 15 is 0 Å². The van der Waals surface area contributed by atoms with E-state index in [9.17, 15) is 4.79 Å². The van der Waals surface area contributed by atoms with Gasteiger partial charge in [0.15, 0.2) is 11.5 Å². The number of hydrogen-bond donors (Lipinski definition) is 3. The largest absolute Gasteiger partial charge is 0.398 e. The van der Waals surface area contributed by atoms with Crippen LogP contribution in [0.25, 0.3) is 11.3 Å². The van der Waals surface area contributed by atoms with E-state index in [0.717, 1.165) is 12.0 Å². The second kappa shape index (κ2) is 6.21. The fraction of sp³-hybridized carbons (Fsp3) is 0.267. The third-order valence-electron chi connectivity index (χ3n) is 3.24. The van der Waals surface area contributed by atoms with Gasteiger partial charge in [-0.05, 0) is 19.4 Å². The molecule has 1 aromatic carbocycles. The van der Waals surface area contributed by atoms with Gasteiger partial charge in [0.2, 0.25) is 0 Å². The number of amides is 1. The van der Waals surface area contributed by atoms with E-state index in [4.69, 9.17) is 11.5 Å². The number of aromatic nitrogens is 2. The van der Waals surface area contributed by atoms with Crippen LogP contribution in [0.3, 0.4) is 0 Å². The van der Waals surface area contributed by atoms with E-state index in [2.05, 4.69) is 15.3 Å². The molecule has 21 heavy (non-hydrogen) atoms. The van der Waals surface area contributed by atoms with Gasteiger partial charge in [0.1, 0.15) is 0 Å². The maximum Gasteiger partial charge on any atom is 0.273 e. The number of nitrogens with two attached hydrogens (primary N) is 2. The lowest BCUT2D eigenvalue weighted by Gasteiger charge is -2.12. The molecule has 2 rings (SSSR count). The Bertz CT molecular complexity index is 656. The zero-order valence-electron chi connectivity index (χ0n) is 12.1. The van der Waals surface area contributed by atoms with E-state index in [0.29, 0.717) is 11.4 Å². The zero-order valence-corrected chi connectivity index (χ0v) is 12.1. The highest BCUT2D eigenvalue weighted by Gasteiger charge is 2.16. The van der Waals surface area contributed by atoms with Crippen molar-refractivity contribution >= 4 is 17.4 Å². The summed E-state index contributed by atoms with van der Waals surface area (Å²) in [6.45, 7) is 3.90. The predicted octanol–water partition coefficient (Wildman–Crippen LogP) is 1.84. The third kappa shape index (κ3) is 3.28. The van der Waals surface area contributed by atoms with Crippen LogP contribution in [0.15, 0.2) is 30.5 Å². The van der Waals surface area contributed by atoms with E-state index in [-0.39, 0.29) is 23.5 Å². The Kier molecular flexibility index (Phi) is 4.37. The molecule has 2 aromatic rings. The first-order valence-electron chi connectivity index (χ1n) is 6.81. The van der Waals surface area contributed by atoms with E-state index < -0.39 is 0 Å². The highest BCUT2D eigenvalue weighted by molar-refractivity contribution is 5.97. The molecule has 0 aliphatic heterocycles. The number of hydrogen-bond acceptors (Lipinski definition) is 5. The molecule has 0 saturated heterocycles. The SMILES string of the molecule is CCC(C)NC(=O)c1nc(-c2ccccc2N)cnc1N. The Labute approximate surface area is 123 Å². The van der Waals surface area contributed by atoms with E-state index in [1.807, 2.05) is 32.0 Å². The Morgan fingerprint density at radius 2 is 2.05 bits per heavy atom. The molecule has 0 saturated carbocycles. The molecule has 0 spiro atoms. The van der Waals surface area contributed by atoms with Crippen LogP contribution in [0.4, 0.5) is 11.5 Å². The van der Waals surface area contributed by atoms with E-state index in [1.54, 1.807) is 6.07 Å². The fourth-order valence-electron chi connectivity index (χ4n) is 1.82. The molecule has 0 fully saturated rings. The van der Waals surface area contributed by atoms with Crippen LogP contribution < -0.4 is 16.8 Å². The lowest BCUT2D eigenvalue weighted by molar-refractivity contribution is 0.0935. The number of rotatable bonds is 4. The number of nitrogens with one attached hydrogen (secondary N) is 1. The number of nitrogens with zero attached hydrogens (tertiary/aromatic N) is 2. The second-order valence-electron chi connectivity index (χ2n) is 4.86. The quantitative estimate of drug-likeness (QED) is 0.743. The average molecular weight is 285 g/mol. The van der Waals surface area contributed by atoms with Crippen LogP contribution in [-0.2, 0) is 0 Å². The number of carbonyl (C=O) groups excluding carboxylic acids is 1. The van der Waals surface area contributed by atoms with Crippen LogP contribution in [0.2, 0.25) is 0 Å². The molecule has 0 aliphatic carbocycles. The second-order valence-corrected chi connectivity index (χ2v) is 4.86. The summed E-state index contributed by atoms with van der Waals surface area (Å²) >= 11 is 0. The molecule has 1 unspecified atom stereocenters. The van der Waals surface area contributed by atoms with Crippen molar-refractivity contribution in [2.24, 2.45) is 0 Å². The summed E-state index contributed by atoms with van der Waals surface area (Å²) < 4.78 is 0. The van der Waals surface area contributed by atoms with Gasteiger partial charge in [0, 0.05) is 17.3 Å². The summed E-state index contributed by atoms with van der Waals surface area (Å²) in [7, 11) is 0. The third-order valence-corrected chi connectivity index (χ3v) is 3.24. The first-order chi connectivity index (χ1) is 10.0. The molecular formula is C15H19N5O. The van der Waals surface area contributed by atoms with Gasteiger partial charge >= 0.3 is 0 Å². The maximum atomic E-state index is 12.2. The van der Waals surface area contributed by atoms with Crippen LogP contribution >= 0.6 is 0 Å². The first kappa shape index (κ1) is 14.8. The summed E-state index contributed by atoms with van der Waals surface area (Å²) in [4.78, 5) is 20.5. The topological polar surface area (TPSA) is 107 Å². The predicted molar refractivity (Wildman–Crippen MR) is 83.5 cm³/mol. The van der Waals surface area contributed by atoms with Crippen LogP contribution in [0.1, 0.15) is 30.8 Å². The summed E-state index contributed by atoms with van der Waals surface area (Å²) in [6.07, 6.45) is 2.34. The number of carbonyl (C=O) groups is 1. The minimum Gasteiger partial charge on any atom is -0.398 e. The lowest BCUT2D eigenvalue weighted by atomic mass is 10.1. The molecule has 1 heterocycles. The standard InChI is InChI=1S/C15H19N5O/c1-3-9(2)19-15(21)13-14(17)18-8-12(20-13)10-6-4-5-7-11(10)16/h4-9H,3,16H2,1-2H3,(H2,17,18)(H,19,21). The van der Waals surface area contributed by atoms with Crippen molar-refractivity contribution in [2.45, 2.75) is 26.3 Å². The summed E-state index contributed by atoms with van der Waals surface area (Å²) in [6, 6.07) is 7.32. The molecule has 6 nitrogen and oxygen atoms in total. The highest BCUT2D eigenvalue weighted by atomic mass is 16.2. The molecule has 0 aliphatic rings. The molecule has 1 amide bonds. The Morgan fingerprint density at radius 1 is 1.33 bits per heavy atom. The smallest absolute Gasteiger partial charge is 0.273 e. The molecule has 5 N–H and O–H groups in total. The van der Waals surface area contributed by atoms with Crippen LogP contribution in [0, 0.1) is 0 Å². The monoisotopic (exact) mass is 285 g/mol. The minimum atomic E-state index is -0.328. The van der Waals surface area contributed by atoms with Gasteiger partial charge in [0.05, 0.1) is 11.9 Å². The molecular weight excluding hydrogens is 266 g/mol. The Balaban J connectivity index is 2.38. The fourth-order valence-corrected chi connectivity index (χ4v) is 1.82. The van der Waals surface area contributed by atoms with Crippen LogP contribution in [-0.4, -0.2) is 21.9 Å². The average Bonchev–Trinajstić information content (AvgIpc) is 2.48. The van der Waals surface area contributed by atoms with Gasteiger partial charge < -0.3 is 16.8 Å². The molecule has 0 bridgehead atoms. The number of anilines is 2. The first-order valence-corrected chi connectivity index (χ1v) is 6.81. The van der Waals surface area contributed by atoms with Crippen molar-refractivity contribution in [3.05, 3.63) is 36.2 Å². The highest BCUT2D eigenvalue weighted by Crippen LogP contribution is 2.24. The van der Waals surface area contributed by atoms with Gasteiger partial charge in [-0.3, -0.25) is 4.79 Å². The van der Waals surface area contributed by atoms with Crippen molar-refractivity contribution in [1.29, 1.82) is 0 Å². The number of benzene rings is 1. The van der Waals surface area contributed by atoms with Crippen molar-refractivity contribution in [2.75, 3.05) is 11.5 Å². The molecule has 0 radical (unpaired) electrons. The van der Waals surface area contributed by atoms with Crippen molar-refractivity contribution in [1.82, 2.24) is 15.3 Å². The van der Waals surface area contributed by atoms with Gasteiger partial charge in [-0.15, -0.1) is 0 Å². The van der Waals surface area contributed by atoms with Gasteiger partial charge in [-0.1, -0.05) is 25.1 Å². The van der Waals surface area contributed by atoms with Gasteiger partial charge in [0.25, 0.3) is 5.91 Å². The molecule has 1 aromatic heterocycles. The summed E-state index contributed by atoms with van der Waals surface area (Å²) in [5.41, 5.74) is 13.6. The molecule has 6 heteroatoms. The zero-order chi connectivity index (χ0) is 15.4. The Morgan fingerprint density at radius 3 is 2.71 bits per heavy atom. The summed E-state index contributed by atoms with van der Waals surface area (Å²) in [5, 5.41) is 2.83. The van der Waals surface area contributed by atoms with Crippen LogP contribution in [0.5, 0.6) is 0 Å². The normalized spacial score (nSPS) is 11.9.